The number of nitrogens with zero attached hydrogens (tertiary/aromatic N) is 6. The summed E-state index contributed by atoms with van der Waals surface area (Å²) in [5, 5.41) is 8.31. The van der Waals surface area contributed by atoms with Crippen molar-refractivity contribution < 1.29 is 29.8 Å². The second-order valence-corrected chi connectivity index (χ2v) is 8.37. The predicted octanol–water partition coefficient (Wildman–Crippen LogP) is 3.96. The van der Waals surface area contributed by atoms with E-state index in [0.717, 1.165) is 28.1 Å². The Bertz CT molecular complexity index is 810. The molecule has 0 aliphatic rings. The van der Waals surface area contributed by atoms with Gasteiger partial charge in [0.25, 0.3) is 0 Å². The number of rotatable bonds is 4. The van der Waals surface area contributed by atoms with Crippen LogP contribution in [0.25, 0.3) is 11.0 Å². The molecule has 1 heterocycles. The molecular formula is C12H22F6N6OP2. The number of halogens is 6. The zero-order valence-corrected chi connectivity index (χ0v) is 17.9. The summed E-state index contributed by atoms with van der Waals surface area (Å²) in [4.78, 5) is 7.68. The number of fused-ring (bicyclic) bond motifs is 1. The standard InChI is InChI=1S/C12H22N6OP.F6P/c1-15(2)9-7-8-10(13-14-18(8)19-20)12(17(5)6)11(9)16(3)4;1-7(2,3,4,5)6/h7H,1-6,20H3;/q+1;-1. The summed E-state index contributed by atoms with van der Waals surface area (Å²) in [7, 11) is 2.85. The molecule has 1 aromatic carbocycles. The summed E-state index contributed by atoms with van der Waals surface area (Å²) in [5.41, 5.74) is 4.92. The van der Waals surface area contributed by atoms with E-state index in [0.29, 0.717) is 0 Å². The molecule has 0 amide bonds. The molecule has 27 heavy (non-hydrogen) atoms. The molecule has 1 aromatic heterocycles. The molecule has 2 aromatic rings. The first kappa shape index (κ1) is 23.3. The van der Waals surface area contributed by atoms with E-state index in [4.69, 9.17) is 4.62 Å². The van der Waals surface area contributed by atoms with Crippen molar-refractivity contribution in [3.05, 3.63) is 6.07 Å². The van der Waals surface area contributed by atoms with Gasteiger partial charge >= 0.3 is 33.0 Å². The van der Waals surface area contributed by atoms with Crippen LogP contribution in [0.15, 0.2) is 6.07 Å². The van der Waals surface area contributed by atoms with Crippen molar-refractivity contribution in [2.24, 2.45) is 0 Å². The molecular weight excluding hydrogens is 420 g/mol. The van der Waals surface area contributed by atoms with Gasteiger partial charge in [-0.3, -0.25) is 4.62 Å². The third-order valence-electron chi connectivity index (χ3n) is 3.14. The van der Waals surface area contributed by atoms with Crippen LogP contribution >= 0.6 is 17.3 Å². The Kier molecular flexibility index (Phi) is 5.78. The molecule has 1 unspecified atom stereocenters. The third kappa shape index (κ3) is 7.06. The molecule has 7 nitrogen and oxygen atoms in total. The van der Waals surface area contributed by atoms with Gasteiger partial charge in [0.15, 0.2) is 9.47 Å². The van der Waals surface area contributed by atoms with Crippen LogP contribution in [0.4, 0.5) is 42.2 Å². The SMILES string of the molecule is CN(C)c1cc2c(nnn2O[PH3+])c(N(C)C)c1N(C)C.F[P-](F)(F)(F)(F)F. The Hall–Kier alpha value is -1.74. The van der Waals surface area contributed by atoms with Crippen LogP contribution in [-0.4, -0.2) is 57.4 Å². The van der Waals surface area contributed by atoms with Crippen molar-refractivity contribution in [3.63, 3.8) is 0 Å². The Morgan fingerprint density at radius 3 is 1.67 bits per heavy atom. The van der Waals surface area contributed by atoms with E-state index in [1.165, 1.54) is 14.3 Å². The van der Waals surface area contributed by atoms with Gasteiger partial charge in [0.05, 0.1) is 17.1 Å². The number of anilines is 3. The summed E-state index contributed by atoms with van der Waals surface area (Å²) in [6, 6.07) is 2.05. The Morgan fingerprint density at radius 2 is 1.33 bits per heavy atom. The van der Waals surface area contributed by atoms with Crippen LogP contribution in [0.1, 0.15) is 0 Å². The first-order valence-electron chi connectivity index (χ1n) is 7.26. The van der Waals surface area contributed by atoms with E-state index in [1.54, 1.807) is 0 Å². The van der Waals surface area contributed by atoms with Gasteiger partial charge in [-0.05, 0) is 16.1 Å². The average molecular weight is 442 g/mol. The predicted molar refractivity (Wildman–Crippen MR) is 102 cm³/mol. The van der Waals surface area contributed by atoms with Crippen LogP contribution < -0.4 is 19.3 Å². The molecule has 0 N–H and O–H groups in total. The van der Waals surface area contributed by atoms with Crippen molar-refractivity contribution in [1.29, 1.82) is 0 Å². The summed E-state index contributed by atoms with van der Waals surface area (Å²) >= 11 is 0. The van der Waals surface area contributed by atoms with Crippen LogP contribution in [0.3, 0.4) is 0 Å². The van der Waals surface area contributed by atoms with E-state index in [1.807, 2.05) is 48.4 Å². The summed E-state index contributed by atoms with van der Waals surface area (Å²) in [5.74, 6) is 0. The second kappa shape index (κ2) is 6.70. The van der Waals surface area contributed by atoms with Gasteiger partial charge in [-0.1, -0.05) is 0 Å². The molecule has 2 rings (SSSR count). The van der Waals surface area contributed by atoms with Crippen molar-refractivity contribution in [2.45, 2.75) is 0 Å². The van der Waals surface area contributed by atoms with Gasteiger partial charge in [0.1, 0.15) is 11.0 Å². The average Bonchev–Trinajstić information content (AvgIpc) is 2.83. The molecule has 15 heteroatoms. The van der Waals surface area contributed by atoms with E-state index in [2.05, 4.69) is 25.0 Å². The van der Waals surface area contributed by atoms with Crippen LogP contribution in [0, 0.1) is 0 Å². The molecule has 0 spiro atoms. The third-order valence-corrected chi connectivity index (χ3v) is 3.38. The van der Waals surface area contributed by atoms with Gasteiger partial charge in [0, 0.05) is 42.3 Å². The molecule has 158 valence electrons. The fraction of sp³-hybridized carbons (Fsp3) is 0.500. The molecule has 0 aliphatic heterocycles. The van der Waals surface area contributed by atoms with Crippen molar-refractivity contribution in [2.75, 3.05) is 57.0 Å². The summed E-state index contributed by atoms with van der Waals surface area (Å²) in [6.45, 7) is 0. The Labute approximate surface area is 154 Å². The second-order valence-electron chi connectivity index (χ2n) is 6.19. The van der Waals surface area contributed by atoms with Crippen LogP contribution in [-0.2, 0) is 0 Å². The number of hydrogen-bond acceptors (Lipinski definition) is 6. The monoisotopic (exact) mass is 442 g/mol. The Balaban J connectivity index is 0.000000445. The summed E-state index contributed by atoms with van der Waals surface area (Å²) in [6.07, 6.45) is 0. The quantitative estimate of drug-likeness (QED) is 0.528. The van der Waals surface area contributed by atoms with E-state index in [-0.39, 0.29) is 0 Å². The Morgan fingerprint density at radius 1 is 0.889 bits per heavy atom. The van der Waals surface area contributed by atoms with E-state index >= 15 is 0 Å². The first-order valence-corrected chi connectivity index (χ1v) is 9.87. The van der Waals surface area contributed by atoms with Gasteiger partial charge in [-0.25, -0.2) is 0 Å². The maximum absolute atomic E-state index is 10.7. The zero-order chi connectivity index (χ0) is 21.4. The molecule has 0 aliphatic carbocycles. The number of aromatic nitrogens is 3. The summed E-state index contributed by atoms with van der Waals surface area (Å²) < 4.78 is 64.5. The van der Waals surface area contributed by atoms with Crippen LogP contribution in [0.2, 0.25) is 0 Å². The molecule has 0 bridgehead atoms. The molecule has 1 atom stereocenters. The molecule has 0 radical (unpaired) electrons. The first-order chi connectivity index (χ1) is 11.8. The van der Waals surface area contributed by atoms with Gasteiger partial charge < -0.3 is 14.7 Å². The maximum atomic E-state index is 9.87. The molecule has 0 saturated heterocycles. The normalized spacial score (nSPS) is 14.1. The van der Waals surface area contributed by atoms with Crippen molar-refractivity contribution in [3.8, 4) is 0 Å². The molecule has 0 saturated carbocycles. The molecule has 0 fully saturated rings. The number of benzene rings is 1. The van der Waals surface area contributed by atoms with Crippen molar-refractivity contribution >= 4 is 45.4 Å². The topological polar surface area (TPSA) is 49.7 Å². The minimum absolute atomic E-state index is 0.830. The van der Waals surface area contributed by atoms with Gasteiger partial charge in [-0.15, -0.1) is 5.10 Å². The van der Waals surface area contributed by atoms with Crippen molar-refractivity contribution in [1.82, 2.24) is 15.2 Å². The van der Waals surface area contributed by atoms with E-state index in [9.17, 15) is 25.2 Å². The zero-order valence-electron chi connectivity index (χ0n) is 15.6. The fourth-order valence-electron chi connectivity index (χ4n) is 2.30. The number of hydrogen-bond donors (Lipinski definition) is 0. The van der Waals surface area contributed by atoms with Crippen LogP contribution in [0.5, 0.6) is 0 Å². The van der Waals surface area contributed by atoms with Gasteiger partial charge in [-0.2, -0.15) is 0 Å². The van der Waals surface area contributed by atoms with Gasteiger partial charge in [0.2, 0.25) is 0 Å². The fourth-order valence-corrected chi connectivity index (χ4v) is 2.49. The van der Waals surface area contributed by atoms with E-state index < -0.39 is 7.81 Å². The minimum atomic E-state index is -10.7.